The predicted octanol–water partition coefficient (Wildman–Crippen LogP) is 9.30. The van der Waals surface area contributed by atoms with E-state index in [1.165, 1.54) is 4.90 Å². The summed E-state index contributed by atoms with van der Waals surface area (Å²) in [4.78, 5) is 71.6. The minimum Gasteiger partial charge on any atom is -0.489 e. The largest absolute Gasteiger partial charge is 0.489 e. The highest BCUT2D eigenvalue weighted by molar-refractivity contribution is 7.13. The fourth-order valence-corrected chi connectivity index (χ4v) is 11.3. The number of halogens is 1. The maximum Gasteiger partial charge on any atom is 0.270 e. The van der Waals surface area contributed by atoms with E-state index >= 15 is 0 Å². The van der Waals surface area contributed by atoms with E-state index in [0.717, 1.165) is 39.4 Å². The topological polar surface area (TPSA) is 208 Å². The van der Waals surface area contributed by atoms with E-state index in [9.17, 15) is 29.5 Å². The van der Waals surface area contributed by atoms with Gasteiger partial charge < -0.3 is 35.5 Å². The molecule has 1 aliphatic heterocycles. The Labute approximate surface area is 433 Å². The molecule has 2 aliphatic rings. The van der Waals surface area contributed by atoms with Crippen molar-refractivity contribution in [2.45, 2.75) is 157 Å². The molecule has 386 valence electrons. The Morgan fingerprint density at radius 1 is 0.986 bits per heavy atom. The van der Waals surface area contributed by atoms with Gasteiger partial charge in [0.25, 0.3) is 5.91 Å². The molecule has 4 N–H and O–H groups in total. The Morgan fingerprint density at radius 2 is 1.68 bits per heavy atom. The number of aliphatic hydroxyl groups excluding tert-OH is 1. The first-order valence-corrected chi connectivity index (χ1v) is 26.2. The third-order valence-electron chi connectivity index (χ3n) is 13.9. The lowest BCUT2D eigenvalue weighted by Gasteiger charge is -2.63. The number of carbonyl (C=O) groups excluding carboxylic acids is 4. The van der Waals surface area contributed by atoms with Crippen molar-refractivity contribution < 1.29 is 33.9 Å². The van der Waals surface area contributed by atoms with Crippen molar-refractivity contribution in [3.8, 4) is 22.3 Å². The molecule has 3 heterocycles. The number of aryl methyl sites for hydroxylation is 2. The van der Waals surface area contributed by atoms with Gasteiger partial charge in [-0.1, -0.05) is 95.6 Å². The van der Waals surface area contributed by atoms with Crippen molar-refractivity contribution in [1.82, 2.24) is 30.8 Å². The van der Waals surface area contributed by atoms with E-state index in [1.54, 1.807) is 41.8 Å². The van der Waals surface area contributed by atoms with Gasteiger partial charge >= 0.3 is 0 Å². The van der Waals surface area contributed by atoms with E-state index in [0.29, 0.717) is 60.7 Å². The number of hydrogen-bond donors (Lipinski definition) is 4. The van der Waals surface area contributed by atoms with Crippen LogP contribution in [0.4, 0.5) is 0 Å². The number of aliphatic hydroxyl groups is 1. The fourth-order valence-electron chi connectivity index (χ4n) is 10.2. The monoisotopic (exact) mass is 1020 g/mol. The maximum absolute atomic E-state index is 14.2. The Kier molecular flexibility index (Phi) is 18.3. The van der Waals surface area contributed by atoms with Crippen LogP contribution in [0.15, 0.2) is 71.5 Å². The fraction of sp³-hybridized carbons (Fsp3) is 0.527. The zero-order valence-corrected chi connectivity index (χ0v) is 44.9. The molecule has 1 saturated heterocycles. The molecule has 4 aromatic rings. The molecule has 2 aromatic carbocycles. The van der Waals surface area contributed by atoms with E-state index in [-0.39, 0.29) is 55.3 Å². The average Bonchev–Trinajstić information content (AvgIpc) is 3.96. The number of nitriles is 1. The van der Waals surface area contributed by atoms with Crippen LogP contribution in [0.2, 0.25) is 5.02 Å². The third-order valence-corrected chi connectivity index (χ3v) is 15.2. The number of nitrogens with one attached hydrogen (secondary N) is 3. The lowest BCUT2D eigenvalue weighted by molar-refractivity contribution is -0.164. The molecule has 2 aromatic heterocycles. The second-order valence-corrected chi connectivity index (χ2v) is 22.6. The maximum atomic E-state index is 14.2. The summed E-state index contributed by atoms with van der Waals surface area (Å²) in [7, 11) is 0. The number of β-amino-alcohol motifs (C(OH)–C–C–N with tert-alkyl or cyclic N) is 1. The summed E-state index contributed by atoms with van der Waals surface area (Å²) in [5.41, 5.74) is 5.80. The van der Waals surface area contributed by atoms with Crippen molar-refractivity contribution in [2.75, 3.05) is 13.2 Å². The molecule has 72 heavy (non-hydrogen) atoms. The smallest absolute Gasteiger partial charge is 0.270 e. The number of nitrogens with zero attached hydrogens (tertiary/aromatic N) is 5. The van der Waals surface area contributed by atoms with E-state index in [4.69, 9.17) is 21.2 Å². The molecule has 0 bridgehead atoms. The van der Waals surface area contributed by atoms with Gasteiger partial charge in [0.05, 0.1) is 44.5 Å². The van der Waals surface area contributed by atoms with Gasteiger partial charge in [-0.2, -0.15) is 5.26 Å². The number of amides is 4. The van der Waals surface area contributed by atoms with Crippen LogP contribution in [0, 0.1) is 34.5 Å². The minimum atomic E-state index is -0.920. The van der Waals surface area contributed by atoms with Crippen molar-refractivity contribution in [2.24, 2.45) is 21.4 Å². The number of ether oxygens (including phenoxy) is 1. The van der Waals surface area contributed by atoms with Crippen LogP contribution in [-0.4, -0.2) is 92.8 Å². The van der Waals surface area contributed by atoms with Crippen molar-refractivity contribution >= 4 is 52.3 Å². The summed E-state index contributed by atoms with van der Waals surface area (Å²) in [6.45, 7) is 20.0. The molecule has 1 saturated carbocycles. The predicted molar refractivity (Wildman–Crippen MR) is 280 cm³/mol. The lowest BCUT2D eigenvalue weighted by Crippen LogP contribution is -2.74. The van der Waals surface area contributed by atoms with Gasteiger partial charge in [-0.3, -0.25) is 24.2 Å². The molecule has 4 atom stereocenters. The number of oxime groups is 1. The standard InChI is InChI=1S/C55H71ClN8O7S/c1-11-70-63-39(17-14-15-35-19-26-43(58-30-35)48(67)62-51-54(7,8)52(55(51,9)10)71-41-25-24-38(29-57)42(56)28-41)16-12-13-18-45(66)61-47(53(4,5)6)50(69)64-31-40(65)27-44(64)49(68)60-33(2)36-20-22-37(23-21-36)46-34(3)59-32-72-46/h19-26,28,30,32-33,40,44,47,51-52,65H,11-18,27,31H2,1-10H3,(H,60,68)(H,61,66)(H,62,67)/b63-39+/t33-,40+,44-,47?,51?,52?/m0/s1. The Hall–Kier alpha value is -5.89. The summed E-state index contributed by atoms with van der Waals surface area (Å²) >= 11 is 7.83. The number of likely N-dealkylation sites (tertiary alicyclic amines) is 1. The highest BCUT2D eigenvalue weighted by Gasteiger charge is 2.64. The second kappa shape index (κ2) is 23.8. The number of thiazole rings is 1. The number of rotatable bonds is 21. The number of carbonyl (C=O) groups is 4. The molecule has 0 spiro atoms. The highest BCUT2D eigenvalue weighted by Crippen LogP contribution is 2.55. The van der Waals surface area contributed by atoms with Crippen LogP contribution in [0.1, 0.15) is 146 Å². The number of pyridine rings is 1. The third kappa shape index (κ3) is 13.4. The van der Waals surface area contributed by atoms with Gasteiger partial charge in [0.1, 0.15) is 42.3 Å². The van der Waals surface area contributed by atoms with Gasteiger partial charge in [0.15, 0.2) is 0 Å². The molecule has 1 unspecified atom stereocenters. The quantitative estimate of drug-likeness (QED) is 0.0353. The molecular weight excluding hydrogens is 952 g/mol. The van der Waals surface area contributed by atoms with Gasteiger partial charge in [0, 0.05) is 48.5 Å². The lowest BCUT2D eigenvalue weighted by atomic mass is 9.49. The number of hydrogen-bond acceptors (Lipinski definition) is 12. The molecule has 2 fully saturated rings. The van der Waals surface area contributed by atoms with Crippen LogP contribution in [0.25, 0.3) is 10.4 Å². The van der Waals surface area contributed by atoms with Crippen molar-refractivity contribution in [3.63, 3.8) is 0 Å². The Morgan fingerprint density at radius 3 is 2.29 bits per heavy atom. The van der Waals surface area contributed by atoms with Gasteiger partial charge in [-0.15, -0.1) is 11.3 Å². The Bertz CT molecular complexity index is 2600. The van der Waals surface area contributed by atoms with Gasteiger partial charge in [-0.05, 0) is 99.6 Å². The summed E-state index contributed by atoms with van der Waals surface area (Å²) in [6.07, 6.45) is 4.94. The normalized spacial score (nSPS) is 20.1. The van der Waals surface area contributed by atoms with Gasteiger partial charge in [0.2, 0.25) is 17.7 Å². The first kappa shape index (κ1) is 55.4. The number of unbranched alkanes of at least 4 members (excludes halogenated alkanes) is 1. The van der Waals surface area contributed by atoms with Crippen molar-refractivity contribution in [3.05, 3.63) is 99.4 Å². The van der Waals surface area contributed by atoms with E-state index < -0.39 is 40.3 Å². The summed E-state index contributed by atoms with van der Waals surface area (Å²) in [5, 5.41) is 33.9. The molecule has 0 radical (unpaired) electrons. The van der Waals surface area contributed by atoms with Crippen LogP contribution in [0.3, 0.4) is 0 Å². The molecule has 1 aliphatic carbocycles. The van der Waals surface area contributed by atoms with Crippen LogP contribution < -0.4 is 20.7 Å². The molecule has 4 amide bonds. The van der Waals surface area contributed by atoms with Crippen LogP contribution in [0.5, 0.6) is 5.75 Å². The molecule has 17 heteroatoms. The number of aromatic nitrogens is 2. The molecule has 6 rings (SSSR count). The number of benzene rings is 2. The first-order valence-electron chi connectivity index (χ1n) is 24.9. The second-order valence-electron chi connectivity index (χ2n) is 21.4. The zero-order valence-electron chi connectivity index (χ0n) is 43.3. The van der Waals surface area contributed by atoms with Crippen molar-refractivity contribution in [1.29, 1.82) is 5.26 Å². The van der Waals surface area contributed by atoms with Crippen LogP contribution >= 0.6 is 22.9 Å². The summed E-state index contributed by atoms with van der Waals surface area (Å²) < 4.78 is 6.37. The first-order chi connectivity index (χ1) is 34.0. The highest BCUT2D eigenvalue weighted by atomic mass is 35.5. The molecular formula is C55H71ClN8O7S. The van der Waals surface area contributed by atoms with E-state index in [1.807, 2.05) is 77.4 Å². The SMILES string of the molecule is CCO/N=C(\CCCCC(=O)NC(C(=O)N1C[C@H](O)C[C@H]1C(=O)N[C@@H](C)c1ccc(-c2scnc2C)cc1)C(C)(C)C)CCCc1ccc(C(=O)NC2C(C)(C)C(Oc3ccc(C#N)c(Cl)c3)C2(C)C)nc1. The Balaban J connectivity index is 0.945. The summed E-state index contributed by atoms with van der Waals surface area (Å²) in [5.74, 6) is -0.733. The zero-order chi connectivity index (χ0) is 52.5. The van der Waals surface area contributed by atoms with Gasteiger partial charge in [-0.25, -0.2) is 4.98 Å². The van der Waals surface area contributed by atoms with Crippen LogP contribution in [-0.2, 0) is 25.6 Å². The summed E-state index contributed by atoms with van der Waals surface area (Å²) in [6, 6.07) is 16.3. The average molecular weight is 1020 g/mol. The minimum absolute atomic E-state index is 0.00644. The molecule has 15 nitrogen and oxygen atoms in total. The van der Waals surface area contributed by atoms with E-state index in [2.05, 4.69) is 64.8 Å².